The molecule has 0 bridgehead atoms. The lowest BCUT2D eigenvalue weighted by atomic mass is 9.99. The van der Waals surface area contributed by atoms with E-state index in [0.717, 1.165) is 35.2 Å². The summed E-state index contributed by atoms with van der Waals surface area (Å²) in [6.07, 6.45) is 3.21. The van der Waals surface area contributed by atoms with Gasteiger partial charge in [-0.1, -0.05) is 42.5 Å². The number of benzene rings is 2. The third-order valence-corrected chi connectivity index (χ3v) is 5.35. The Balaban J connectivity index is 1.63. The average molecular weight is 399 g/mol. The van der Waals surface area contributed by atoms with E-state index in [-0.39, 0.29) is 11.9 Å². The first-order valence-electron chi connectivity index (χ1n) is 8.60. The molecule has 0 unspecified atom stereocenters. The number of hydrogen-bond donors (Lipinski definition) is 1. The molecule has 0 aliphatic carbocycles. The molecule has 1 N–H and O–H groups in total. The zero-order valence-corrected chi connectivity index (χ0v) is 16.2. The topological polar surface area (TPSA) is 32.3 Å². The van der Waals surface area contributed by atoms with Crippen LogP contribution in [0.3, 0.4) is 0 Å². The van der Waals surface area contributed by atoms with E-state index in [1.54, 1.807) is 0 Å². The third kappa shape index (κ3) is 4.39. The Bertz CT molecular complexity index is 786. The second-order valence-electron chi connectivity index (χ2n) is 6.49. The summed E-state index contributed by atoms with van der Waals surface area (Å²) in [5.74, 6) is 0.0288. The average Bonchev–Trinajstić information content (AvgIpc) is 2.64. The van der Waals surface area contributed by atoms with Crippen molar-refractivity contribution >= 4 is 33.1 Å². The van der Waals surface area contributed by atoms with Crippen LogP contribution in [0.15, 0.2) is 59.1 Å². The number of carbonyl (C=O) groups is 1. The molecular weight excluding hydrogens is 376 g/mol. The standard InChI is InChI=1S/C21H23BrN2O/c1-15-8-9-20(19(22)14-15)23-21(25)16(2)24-12-10-18(11-13-24)17-6-4-3-5-7-17/h3-10,14,16H,11-13H2,1-2H3,(H,23,25)/t16-/m1/s1. The number of anilines is 1. The van der Waals surface area contributed by atoms with Crippen molar-refractivity contribution in [3.8, 4) is 0 Å². The van der Waals surface area contributed by atoms with Gasteiger partial charge in [-0.2, -0.15) is 0 Å². The molecule has 0 saturated heterocycles. The molecule has 0 spiro atoms. The Morgan fingerprint density at radius 2 is 1.96 bits per heavy atom. The monoisotopic (exact) mass is 398 g/mol. The highest BCUT2D eigenvalue weighted by Crippen LogP contribution is 2.25. The largest absolute Gasteiger partial charge is 0.324 e. The molecule has 1 aliphatic heterocycles. The van der Waals surface area contributed by atoms with Crippen molar-refractivity contribution in [2.45, 2.75) is 26.3 Å². The molecule has 2 aromatic rings. The molecule has 0 fully saturated rings. The second-order valence-corrected chi connectivity index (χ2v) is 7.34. The lowest BCUT2D eigenvalue weighted by Gasteiger charge is -2.31. The van der Waals surface area contributed by atoms with Crippen LogP contribution < -0.4 is 5.32 Å². The van der Waals surface area contributed by atoms with Crippen LogP contribution in [0.25, 0.3) is 5.57 Å². The van der Waals surface area contributed by atoms with Crippen molar-refractivity contribution in [3.63, 3.8) is 0 Å². The summed E-state index contributed by atoms with van der Waals surface area (Å²) >= 11 is 3.52. The fraction of sp³-hybridized carbons (Fsp3) is 0.286. The molecule has 3 nitrogen and oxygen atoms in total. The number of halogens is 1. The zero-order chi connectivity index (χ0) is 17.8. The smallest absolute Gasteiger partial charge is 0.241 e. The van der Waals surface area contributed by atoms with E-state index in [1.807, 2.05) is 38.1 Å². The van der Waals surface area contributed by atoms with E-state index in [1.165, 1.54) is 11.1 Å². The first-order chi connectivity index (χ1) is 12.0. The number of carbonyl (C=O) groups excluding carboxylic acids is 1. The number of amides is 1. The molecule has 1 heterocycles. The van der Waals surface area contributed by atoms with Crippen LogP contribution in [0.4, 0.5) is 5.69 Å². The SMILES string of the molecule is Cc1ccc(NC(=O)[C@@H](C)N2CC=C(c3ccccc3)CC2)c(Br)c1. The maximum atomic E-state index is 12.6. The lowest BCUT2D eigenvalue weighted by molar-refractivity contribution is -0.120. The first-order valence-corrected chi connectivity index (χ1v) is 9.39. The van der Waals surface area contributed by atoms with Crippen molar-refractivity contribution in [2.75, 3.05) is 18.4 Å². The predicted molar refractivity (Wildman–Crippen MR) is 108 cm³/mol. The summed E-state index contributed by atoms with van der Waals surface area (Å²) in [4.78, 5) is 14.8. The first kappa shape index (κ1) is 17.9. The van der Waals surface area contributed by atoms with E-state index < -0.39 is 0 Å². The molecule has 0 aromatic heterocycles. The Kier molecular flexibility index (Phi) is 5.71. The van der Waals surface area contributed by atoms with Gasteiger partial charge in [0.2, 0.25) is 5.91 Å². The minimum atomic E-state index is -0.165. The van der Waals surface area contributed by atoms with E-state index >= 15 is 0 Å². The fourth-order valence-electron chi connectivity index (χ4n) is 3.08. The summed E-state index contributed by atoms with van der Waals surface area (Å²) in [5.41, 5.74) is 4.63. The van der Waals surface area contributed by atoms with Crippen LogP contribution in [0.5, 0.6) is 0 Å². The van der Waals surface area contributed by atoms with Gasteiger partial charge < -0.3 is 5.32 Å². The van der Waals surface area contributed by atoms with Crippen molar-refractivity contribution in [3.05, 3.63) is 70.2 Å². The van der Waals surface area contributed by atoms with Gasteiger partial charge in [0.25, 0.3) is 0 Å². The van der Waals surface area contributed by atoms with Gasteiger partial charge in [0, 0.05) is 17.6 Å². The van der Waals surface area contributed by atoms with Gasteiger partial charge >= 0.3 is 0 Å². The highest BCUT2D eigenvalue weighted by atomic mass is 79.9. The quantitative estimate of drug-likeness (QED) is 0.795. The second kappa shape index (κ2) is 7.98. The van der Waals surface area contributed by atoms with E-state index in [9.17, 15) is 4.79 Å². The number of nitrogens with one attached hydrogen (secondary N) is 1. The van der Waals surface area contributed by atoms with E-state index in [0.29, 0.717) is 0 Å². The Hall–Kier alpha value is -1.91. The van der Waals surface area contributed by atoms with E-state index in [2.05, 4.69) is 56.5 Å². The Morgan fingerprint density at radius 3 is 2.60 bits per heavy atom. The van der Waals surface area contributed by atoms with Gasteiger partial charge in [0.05, 0.1) is 11.7 Å². The Morgan fingerprint density at radius 1 is 1.20 bits per heavy atom. The molecule has 1 amide bonds. The van der Waals surface area contributed by atoms with Crippen LogP contribution in [0.2, 0.25) is 0 Å². The molecule has 1 atom stereocenters. The number of rotatable bonds is 4. The van der Waals surface area contributed by atoms with Crippen molar-refractivity contribution in [1.82, 2.24) is 4.90 Å². The summed E-state index contributed by atoms with van der Waals surface area (Å²) in [7, 11) is 0. The van der Waals surface area contributed by atoms with Gasteiger partial charge in [-0.25, -0.2) is 0 Å². The zero-order valence-electron chi connectivity index (χ0n) is 14.6. The number of hydrogen-bond acceptors (Lipinski definition) is 2. The summed E-state index contributed by atoms with van der Waals surface area (Å²) in [6, 6.07) is 16.2. The van der Waals surface area contributed by atoms with Crippen LogP contribution in [-0.2, 0) is 4.79 Å². The summed E-state index contributed by atoms with van der Waals surface area (Å²) < 4.78 is 0.915. The van der Waals surface area contributed by atoms with Crippen molar-refractivity contribution in [2.24, 2.45) is 0 Å². The summed E-state index contributed by atoms with van der Waals surface area (Å²) in [6.45, 7) is 5.69. The van der Waals surface area contributed by atoms with Crippen LogP contribution in [0.1, 0.15) is 24.5 Å². The van der Waals surface area contributed by atoms with Crippen LogP contribution in [0, 0.1) is 6.92 Å². The normalized spacial score (nSPS) is 16.2. The van der Waals surface area contributed by atoms with Gasteiger partial charge in [-0.3, -0.25) is 9.69 Å². The molecule has 0 radical (unpaired) electrons. The number of nitrogens with zero attached hydrogens (tertiary/aromatic N) is 1. The fourth-order valence-corrected chi connectivity index (χ4v) is 3.67. The summed E-state index contributed by atoms with van der Waals surface area (Å²) in [5, 5.41) is 3.03. The molecular formula is C21H23BrN2O. The molecule has 130 valence electrons. The van der Waals surface area contributed by atoms with E-state index in [4.69, 9.17) is 0 Å². The Labute approximate surface area is 157 Å². The molecule has 0 saturated carbocycles. The predicted octanol–water partition coefficient (Wildman–Crippen LogP) is 4.87. The maximum absolute atomic E-state index is 12.6. The highest BCUT2D eigenvalue weighted by molar-refractivity contribution is 9.10. The molecule has 2 aromatic carbocycles. The highest BCUT2D eigenvalue weighted by Gasteiger charge is 2.23. The van der Waals surface area contributed by atoms with Crippen LogP contribution in [-0.4, -0.2) is 29.9 Å². The van der Waals surface area contributed by atoms with Crippen LogP contribution >= 0.6 is 15.9 Å². The molecule has 3 rings (SSSR count). The van der Waals surface area contributed by atoms with Gasteiger partial charge in [0.15, 0.2) is 0 Å². The van der Waals surface area contributed by atoms with Crippen molar-refractivity contribution in [1.29, 1.82) is 0 Å². The maximum Gasteiger partial charge on any atom is 0.241 e. The number of aryl methyl sites for hydroxylation is 1. The minimum Gasteiger partial charge on any atom is -0.324 e. The van der Waals surface area contributed by atoms with Gasteiger partial charge in [-0.05, 0) is 65.0 Å². The third-order valence-electron chi connectivity index (χ3n) is 4.69. The van der Waals surface area contributed by atoms with Gasteiger partial charge in [0.1, 0.15) is 0 Å². The lowest BCUT2D eigenvalue weighted by Crippen LogP contribution is -2.44. The van der Waals surface area contributed by atoms with Crippen molar-refractivity contribution < 1.29 is 4.79 Å². The van der Waals surface area contributed by atoms with Gasteiger partial charge in [-0.15, -0.1) is 0 Å². The molecule has 1 aliphatic rings. The molecule has 4 heteroatoms. The molecule has 25 heavy (non-hydrogen) atoms. The minimum absolute atomic E-state index is 0.0288.